The van der Waals surface area contributed by atoms with E-state index >= 15 is 0 Å². The van der Waals surface area contributed by atoms with Crippen molar-refractivity contribution in [3.63, 3.8) is 0 Å². The van der Waals surface area contributed by atoms with Gasteiger partial charge in [0.1, 0.15) is 5.75 Å². The lowest BCUT2D eigenvalue weighted by molar-refractivity contribution is -0.139. The van der Waals surface area contributed by atoms with Crippen LogP contribution in [0.4, 0.5) is 5.69 Å². The highest BCUT2D eigenvalue weighted by molar-refractivity contribution is 8.04. The molecule has 0 N–H and O–H groups in total. The minimum absolute atomic E-state index is 0.00452. The lowest BCUT2D eigenvalue weighted by atomic mass is 9.83. The minimum Gasteiger partial charge on any atom is -0.496 e. The second-order valence-electron chi connectivity index (χ2n) is 9.55. The van der Waals surface area contributed by atoms with Gasteiger partial charge in [0.05, 0.1) is 12.0 Å². The van der Waals surface area contributed by atoms with E-state index in [1.54, 1.807) is 18.9 Å². The molecule has 0 spiro atoms. The Labute approximate surface area is 211 Å². The fourth-order valence-electron chi connectivity index (χ4n) is 5.53. The van der Waals surface area contributed by atoms with Crippen LogP contribution >= 0.6 is 11.8 Å². The number of rotatable bonds is 4. The number of amides is 2. The number of carbonyl (C=O) groups excluding carboxylic acids is 2. The number of piperazine rings is 1. The van der Waals surface area contributed by atoms with Gasteiger partial charge in [-0.05, 0) is 43.5 Å². The number of carbonyl (C=O) groups is 2. The summed E-state index contributed by atoms with van der Waals surface area (Å²) in [7, 11) is 3.54. The summed E-state index contributed by atoms with van der Waals surface area (Å²) in [5, 5.41) is 0.317. The predicted molar refractivity (Wildman–Crippen MR) is 141 cm³/mol. The first-order valence-electron chi connectivity index (χ1n) is 12.4. The van der Waals surface area contributed by atoms with Crippen molar-refractivity contribution in [1.29, 1.82) is 0 Å². The lowest BCUT2D eigenvalue weighted by Crippen LogP contribution is -2.55. The molecule has 2 aromatic carbocycles. The summed E-state index contributed by atoms with van der Waals surface area (Å²) < 4.78 is 5.46. The summed E-state index contributed by atoms with van der Waals surface area (Å²) in [5.74, 6) is 1.05. The minimum atomic E-state index is -0.00452. The number of nitrogens with zero attached hydrogens (tertiary/aromatic N) is 3. The molecular weight excluding hydrogens is 458 g/mol. The number of hydrogen-bond donors (Lipinski definition) is 0. The van der Waals surface area contributed by atoms with Crippen LogP contribution in [0.25, 0.3) is 6.08 Å². The molecule has 2 saturated heterocycles. The third-order valence-corrected chi connectivity index (χ3v) is 8.95. The molecule has 0 bridgehead atoms. The monoisotopic (exact) mass is 491 g/mol. The van der Waals surface area contributed by atoms with Crippen LogP contribution in [0.15, 0.2) is 59.5 Å². The van der Waals surface area contributed by atoms with Crippen molar-refractivity contribution in [2.24, 2.45) is 5.92 Å². The summed E-state index contributed by atoms with van der Waals surface area (Å²) in [5.41, 5.74) is 2.13. The highest BCUT2D eigenvalue weighted by Gasteiger charge is 2.43. The molecule has 6 nitrogen and oxygen atoms in total. The highest BCUT2D eigenvalue weighted by Crippen LogP contribution is 2.44. The highest BCUT2D eigenvalue weighted by atomic mass is 32.2. The second kappa shape index (κ2) is 10.4. The third-order valence-electron chi connectivity index (χ3n) is 7.55. The Hall–Kier alpha value is -2.93. The van der Waals surface area contributed by atoms with Gasteiger partial charge < -0.3 is 19.4 Å². The third kappa shape index (κ3) is 4.92. The lowest BCUT2D eigenvalue weighted by Gasteiger charge is -2.45. The van der Waals surface area contributed by atoms with Crippen molar-refractivity contribution in [3.05, 3.63) is 65.1 Å². The summed E-state index contributed by atoms with van der Waals surface area (Å²) in [6.45, 7) is 3.24. The fraction of sp³-hybridized carbons (Fsp3) is 0.429. The van der Waals surface area contributed by atoms with Crippen LogP contribution in [0.5, 0.6) is 5.75 Å². The first-order chi connectivity index (χ1) is 17.0. The Morgan fingerprint density at radius 2 is 1.71 bits per heavy atom. The molecule has 2 heterocycles. The number of hydrogen-bond acceptors (Lipinski definition) is 5. The summed E-state index contributed by atoms with van der Waals surface area (Å²) in [6.07, 6.45) is 4.52. The molecule has 3 unspecified atom stereocenters. The normalized spacial score (nSPS) is 26.0. The van der Waals surface area contributed by atoms with E-state index in [4.69, 9.17) is 4.74 Å². The number of thioether (sulfide) groups is 1. The molecule has 0 radical (unpaired) electrons. The average Bonchev–Trinajstić information content (AvgIpc) is 2.92. The van der Waals surface area contributed by atoms with E-state index < -0.39 is 0 Å². The predicted octanol–water partition coefficient (Wildman–Crippen LogP) is 4.13. The van der Waals surface area contributed by atoms with Crippen LogP contribution in [-0.2, 0) is 9.59 Å². The van der Waals surface area contributed by atoms with Crippen LogP contribution < -0.4 is 9.64 Å². The Bertz CT molecular complexity index is 1100. The van der Waals surface area contributed by atoms with Gasteiger partial charge in [0.15, 0.2) is 0 Å². The van der Waals surface area contributed by atoms with Crippen molar-refractivity contribution < 1.29 is 14.3 Å². The molecule has 3 atom stereocenters. The molecule has 1 aliphatic carbocycles. The molecule has 3 fully saturated rings. The largest absolute Gasteiger partial charge is 0.496 e. The summed E-state index contributed by atoms with van der Waals surface area (Å²) in [4.78, 5) is 33.6. The van der Waals surface area contributed by atoms with E-state index in [1.165, 1.54) is 5.69 Å². The number of ether oxygens (including phenoxy) is 1. The quantitative estimate of drug-likeness (QED) is 0.602. The molecule has 3 aliphatic rings. The number of methoxy groups -OCH3 is 1. The van der Waals surface area contributed by atoms with Crippen LogP contribution in [0.2, 0.25) is 0 Å². The topological polar surface area (TPSA) is 53.1 Å². The number of anilines is 1. The Morgan fingerprint density at radius 1 is 1.00 bits per heavy atom. The number of fused-ring (bicyclic) bond motifs is 1. The van der Waals surface area contributed by atoms with Gasteiger partial charge in [0.2, 0.25) is 5.91 Å². The first kappa shape index (κ1) is 23.8. The molecular formula is C28H33N3O3S. The number of likely N-dealkylation sites (N-methyl/N-ethyl adjacent to an activating group) is 1. The van der Waals surface area contributed by atoms with E-state index in [9.17, 15) is 9.59 Å². The Balaban J connectivity index is 1.22. The van der Waals surface area contributed by atoms with Crippen molar-refractivity contribution in [2.45, 2.75) is 30.6 Å². The van der Waals surface area contributed by atoms with E-state index in [0.29, 0.717) is 5.25 Å². The van der Waals surface area contributed by atoms with Gasteiger partial charge in [-0.1, -0.05) is 36.4 Å². The average molecular weight is 492 g/mol. The van der Waals surface area contributed by atoms with Gasteiger partial charge in [0.25, 0.3) is 5.91 Å². The zero-order chi connectivity index (χ0) is 24.4. The Kier molecular flexibility index (Phi) is 7.04. The summed E-state index contributed by atoms with van der Waals surface area (Å²) >= 11 is 1.67. The molecule has 2 aliphatic heterocycles. The molecule has 1 saturated carbocycles. The van der Waals surface area contributed by atoms with Crippen molar-refractivity contribution >= 4 is 35.3 Å². The fourth-order valence-corrected chi connectivity index (χ4v) is 7.00. The van der Waals surface area contributed by atoms with Gasteiger partial charge in [-0.15, -0.1) is 11.8 Å². The van der Waals surface area contributed by atoms with E-state index in [1.807, 2.05) is 53.3 Å². The SMILES string of the molecule is COc1ccccc1/C=C1\SC2CCC(C(=O)N3CCN(c4ccccc4)CC3)CC2N(C)C1=O. The molecule has 35 heavy (non-hydrogen) atoms. The maximum atomic E-state index is 13.4. The zero-order valence-corrected chi connectivity index (χ0v) is 21.2. The van der Waals surface area contributed by atoms with Crippen LogP contribution in [-0.4, -0.2) is 73.2 Å². The van der Waals surface area contributed by atoms with Gasteiger partial charge in [-0.2, -0.15) is 0 Å². The summed E-state index contributed by atoms with van der Waals surface area (Å²) in [6, 6.07) is 18.3. The smallest absolute Gasteiger partial charge is 0.260 e. The van der Waals surface area contributed by atoms with Gasteiger partial charge >= 0.3 is 0 Å². The zero-order valence-electron chi connectivity index (χ0n) is 20.4. The van der Waals surface area contributed by atoms with Gasteiger partial charge in [-0.3, -0.25) is 9.59 Å². The molecule has 5 rings (SSSR count). The number of benzene rings is 2. The second-order valence-corrected chi connectivity index (χ2v) is 10.8. The first-order valence-corrected chi connectivity index (χ1v) is 13.3. The standard InChI is InChI=1S/C28H33N3O3S/c1-29-23-18-21(27(32)31-16-14-30(15-17-31)22-9-4-3-5-10-22)12-13-25(23)35-26(28(29)33)19-20-8-6-7-11-24(20)34-2/h3-11,19,21,23,25H,12-18H2,1-2H3/b26-19-. The molecule has 2 aromatic rings. The maximum absolute atomic E-state index is 13.4. The van der Waals surface area contributed by atoms with E-state index in [-0.39, 0.29) is 23.8 Å². The molecule has 7 heteroatoms. The van der Waals surface area contributed by atoms with Crippen LogP contribution in [0.1, 0.15) is 24.8 Å². The van der Waals surface area contributed by atoms with Gasteiger partial charge in [-0.25, -0.2) is 0 Å². The van der Waals surface area contributed by atoms with Crippen molar-refractivity contribution in [3.8, 4) is 5.75 Å². The van der Waals surface area contributed by atoms with E-state index in [0.717, 1.165) is 61.7 Å². The van der Waals surface area contributed by atoms with Gasteiger partial charge in [0, 0.05) is 61.7 Å². The van der Waals surface area contributed by atoms with Crippen molar-refractivity contribution in [1.82, 2.24) is 9.80 Å². The van der Waals surface area contributed by atoms with Crippen LogP contribution in [0, 0.1) is 5.92 Å². The molecule has 2 amide bonds. The molecule has 184 valence electrons. The van der Waals surface area contributed by atoms with Crippen molar-refractivity contribution in [2.75, 3.05) is 45.2 Å². The molecule has 0 aromatic heterocycles. The van der Waals surface area contributed by atoms with E-state index in [2.05, 4.69) is 29.2 Å². The maximum Gasteiger partial charge on any atom is 0.260 e. The number of para-hydroxylation sites is 2. The van der Waals surface area contributed by atoms with Crippen LogP contribution in [0.3, 0.4) is 0 Å². The Morgan fingerprint density at radius 3 is 2.46 bits per heavy atom.